The number of nitrogens with zero attached hydrogens (tertiary/aromatic N) is 1. The Kier molecular flexibility index (Phi) is 5.58. The SMILES string of the molecule is CCCNC(Cc1cccc(OC)c1)c1cnccc1N. The number of nitrogens with one attached hydrogen (secondary N) is 1. The van der Waals surface area contributed by atoms with Crippen LogP contribution in [0.2, 0.25) is 0 Å². The molecule has 0 fully saturated rings. The zero-order chi connectivity index (χ0) is 15.1. The van der Waals surface area contributed by atoms with Gasteiger partial charge in [0.15, 0.2) is 0 Å². The molecular weight excluding hydrogens is 262 g/mol. The minimum Gasteiger partial charge on any atom is -0.497 e. The van der Waals surface area contributed by atoms with Crippen LogP contribution in [0.3, 0.4) is 0 Å². The van der Waals surface area contributed by atoms with E-state index in [-0.39, 0.29) is 6.04 Å². The molecule has 0 spiro atoms. The van der Waals surface area contributed by atoms with Crippen LogP contribution in [0.1, 0.15) is 30.5 Å². The zero-order valence-corrected chi connectivity index (χ0v) is 12.7. The van der Waals surface area contributed by atoms with Crippen molar-refractivity contribution in [1.82, 2.24) is 10.3 Å². The highest BCUT2D eigenvalue weighted by Crippen LogP contribution is 2.24. The number of ether oxygens (including phenoxy) is 1. The predicted molar refractivity (Wildman–Crippen MR) is 86.4 cm³/mol. The first-order valence-corrected chi connectivity index (χ1v) is 7.30. The van der Waals surface area contributed by atoms with Crippen LogP contribution in [0, 0.1) is 0 Å². The van der Waals surface area contributed by atoms with Gasteiger partial charge >= 0.3 is 0 Å². The third kappa shape index (κ3) is 4.20. The summed E-state index contributed by atoms with van der Waals surface area (Å²) in [5.41, 5.74) is 9.14. The minimum absolute atomic E-state index is 0.158. The summed E-state index contributed by atoms with van der Waals surface area (Å²) < 4.78 is 5.29. The summed E-state index contributed by atoms with van der Waals surface area (Å²) in [6.07, 6.45) is 5.51. The molecule has 4 heteroatoms. The van der Waals surface area contributed by atoms with E-state index in [1.165, 1.54) is 5.56 Å². The first kappa shape index (κ1) is 15.3. The molecule has 2 aromatic rings. The molecule has 112 valence electrons. The molecule has 0 saturated carbocycles. The Morgan fingerprint density at radius 2 is 2.19 bits per heavy atom. The molecule has 0 aliphatic carbocycles. The Morgan fingerprint density at radius 1 is 1.33 bits per heavy atom. The van der Waals surface area contributed by atoms with Crippen molar-refractivity contribution in [3.63, 3.8) is 0 Å². The van der Waals surface area contributed by atoms with Crippen molar-refractivity contribution in [2.24, 2.45) is 0 Å². The lowest BCUT2D eigenvalue weighted by Crippen LogP contribution is -2.25. The molecule has 1 unspecified atom stereocenters. The number of nitrogens with two attached hydrogens (primary N) is 1. The summed E-state index contributed by atoms with van der Waals surface area (Å²) in [6.45, 7) is 3.10. The van der Waals surface area contributed by atoms with Gasteiger partial charge in [-0.3, -0.25) is 4.98 Å². The number of nitrogen functional groups attached to an aromatic ring is 1. The van der Waals surface area contributed by atoms with E-state index in [9.17, 15) is 0 Å². The topological polar surface area (TPSA) is 60.2 Å². The van der Waals surface area contributed by atoms with Gasteiger partial charge in [0, 0.05) is 29.7 Å². The van der Waals surface area contributed by atoms with Gasteiger partial charge in [-0.25, -0.2) is 0 Å². The van der Waals surface area contributed by atoms with E-state index in [1.54, 1.807) is 13.3 Å². The fourth-order valence-electron chi connectivity index (χ4n) is 2.35. The van der Waals surface area contributed by atoms with Crippen molar-refractivity contribution in [3.05, 3.63) is 53.9 Å². The molecule has 1 heterocycles. The van der Waals surface area contributed by atoms with Crippen molar-refractivity contribution in [2.75, 3.05) is 19.4 Å². The second-order valence-corrected chi connectivity index (χ2v) is 5.07. The second kappa shape index (κ2) is 7.64. The molecule has 1 aromatic carbocycles. The normalized spacial score (nSPS) is 12.1. The molecule has 0 aliphatic rings. The minimum atomic E-state index is 0.158. The van der Waals surface area contributed by atoms with Crippen molar-refractivity contribution in [2.45, 2.75) is 25.8 Å². The van der Waals surface area contributed by atoms with Crippen molar-refractivity contribution >= 4 is 5.69 Å². The van der Waals surface area contributed by atoms with Gasteiger partial charge in [-0.15, -0.1) is 0 Å². The van der Waals surface area contributed by atoms with E-state index in [0.29, 0.717) is 0 Å². The first-order chi connectivity index (χ1) is 10.2. The van der Waals surface area contributed by atoms with Crippen LogP contribution in [0.25, 0.3) is 0 Å². The maximum absolute atomic E-state index is 6.10. The van der Waals surface area contributed by atoms with Gasteiger partial charge in [0.25, 0.3) is 0 Å². The highest BCUT2D eigenvalue weighted by molar-refractivity contribution is 5.47. The fourth-order valence-corrected chi connectivity index (χ4v) is 2.35. The second-order valence-electron chi connectivity index (χ2n) is 5.07. The molecule has 0 bridgehead atoms. The summed E-state index contributed by atoms with van der Waals surface area (Å²) in [4.78, 5) is 4.21. The molecule has 0 amide bonds. The molecule has 0 radical (unpaired) electrons. The van der Waals surface area contributed by atoms with E-state index in [4.69, 9.17) is 10.5 Å². The fraction of sp³-hybridized carbons (Fsp3) is 0.353. The lowest BCUT2D eigenvalue weighted by Gasteiger charge is -2.20. The third-order valence-corrected chi connectivity index (χ3v) is 3.48. The van der Waals surface area contributed by atoms with Crippen LogP contribution in [0.5, 0.6) is 5.75 Å². The van der Waals surface area contributed by atoms with E-state index in [0.717, 1.165) is 36.4 Å². The average Bonchev–Trinajstić information content (AvgIpc) is 2.52. The van der Waals surface area contributed by atoms with Gasteiger partial charge in [-0.05, 0) is 43.1 Å². The molecule has 3 N–H and O–H groups in total. The maximum Gasteiger partial charge on any atom is 0.119 e. The van der Waals surface area contributed by atoms with Crippen LogP contribution in [-0.4, -0.2) is 18.6 Å². The Hall–Kier alpha value is -2.07. The Bertz CT molecular complexity index is 571. The Morgan fingerprint density at radius 3 is 2.90 bits per heavy atom. The Labute approximate surface area is 126 Å². The largest absolute Gasteiger partial charge is 0.497 e. The van der Waals surface area contributed by atoms with Gasteiger partial charge < -0.3 is 15.8 Å². The van der Waals surface area contributed by atoms with Gasteiger partial charge in [0.1, 0.15) is 5.75 Å². The lowest BCUT2D eigenvalue weighted by molar-refractivity contribution is 0.413. The molecular formula is C17H23N3O. The number of anilines is 1. The number of methoxy groups -OCH3 is 1. The lowest BCUT2D eigenvalue weighted by atomic mass is 9.98. The van der Waals surface area contributed by atoms with Gasteiger partial charge in [0.05, 0.1) is 7.11 Å². The predicted octanol–water partition coefficient (Wildman–Crippen LogP) is 2.96. The average molecular weight is 285 g/mol. The summed E-state index contributed by atoms with van der Waals surface area (Å²) in [6, 6.07) is 10.1. The number of pyridine rings is 1. The van der Waals surface area contributed by atoms with Crippen LogP contribution in [0.4, 0.5) is 5.69 Å². The Balaban J connectivity index is 2.21. The van der Waals surface area contributed by atoms with Crippen LogP contribution >= 0.6 is 0 Å². The number of rotatable bonds is 7. The molecule has 1 aromatic heterocycles. The van der Waals surface area contributed by atoms with Crippen molar-refractivity contribution in [3.8, 4) is 5.75 Å². The molecule has 1 atom stereocenters. The van der Waals surface area contributed by atoms with Crippen LogP contribution < -0.4 is 15.8 Å². The van der Waals surface area contributed by atoms with Crippen molar-refractivity contribution < 1.29 is 4.74 Å². The third-order valence-electron chi connectivity index (χ3n) is 3.48. The van der Waals surface area contributed by atoms with Crippen molar-refractivity contribution in [1.29, 1.82) is 0 Å². The van der Waals surface area contributed by atoms with E-state index >= 15 is 0 Å². The van der Waals surface area contributed by atoms with Crippen LogP contribution in [0.15, 0.2) is 42.7 Å². The highest BCUT2D eigenvalue weighted by atomic mass is 16.5. The summed E-state index contributed by atoms with van der Waals surface area (Å²) in [7, 11) is 1.69. The highest BCUT2D eigenvalue weighted by Gasteiger charge is 2.14. The standard InChI is InChI=1S/C17H23N3O/c1-3-8-20-17(15-12-19-9-7-16(15)18)11-13-5-4-6-14(10-13)21-2/h4-7,9-10,12,17,20H,3,8,11H2,1-2H3,(H2,18,19). The van der Waals surface area contributed by atoms with Gasteiger partial charge in [0.2, 0.25) is 0 Å². The molecule has 21 heavy (non-hydrogen) atoms. The first-order valence-electron chi connectivity index (χ1n) is 7.30. The zero-order valence-electron chi connectivity index (χ0n) is 12.7. The van der Waals surface area contributed by atoms with E-state index < -0.39 is 0 Å². The van der Waals surface area contributed by atoms with Crippen LogP contribution in [-0.2, 0) is 6.42 Å². The molecule has 2 rings (SSSR count). The molecule has 0 saturated heterocycles. The summed E-state index contributed by atoms with van der Waals surface area (Å²) in [5.74, 6) is 0.876. The van der Waals surface area contributed by atoms with E-state index in [1.807, 2.05) is 24.4 Å². The maximum atomic E-state index is 6.10. The quantitative estimate of drug-likeness (QED) is 0.821. The summed E-state index contributed by atoms with van der Waals surface area (Å²) >= 11 is 0. The summed E-state index contributed by atoms with van der Waals surface area (Å²) in [5, 5.41) is 3.55. The van der Waals surface area contributed by atoms with E-state index in [2.05, 4.69) is 29.4 Å². The van der Waals surface area contributed by atoms with Gasteiger partial charge in [-0.1, -0.05) is 19.1 Å². The smallest absolute Gasteiger partial charge is 0.119 e. The van der Waals surface area contributed by atoms with Gasteiger partial charge in [-0.2, -0.15) is 0 Å². The monoisotopic (exact) mass is 285 g/mol. The molecule has 0 aliphatic heterocycles. The number of benzene rings is 1. The number of hydrogen-bond acceptors (Lipinski definition) is 4. The number of hydrogen-bond donors (Lipinski definition) is 2. The molecule has 4 nitrogen and oxygen atoms in total. The number of aromatic nitrogens is 1.